The van der Waals surface area contributed by atoms with Crippen LogP contribution in [0.4, 0.5) is 0 Å². The minimum absolute atomic E-state index is 0.307. The second-order valence-electron chi connectivity index (χ2n) is 2.93. The lowest BCUT2D eigenvalue weighted by Gasteiger charge is -2.09. The van der Waals surface area contributed by atoms with E-state index < -0.39 is 12.0 Å². The second-order valence-corrected chi connectivity index (χ2v) is 3.68. The Morgan fingerprint density at radius 2 is 2.50 bits per heavy atom. The van der Waals surface area contributed by atoms with E-state index in [1.807, 2.05) is 6.92 Å². The van der Waals surface area contributed by atoms with E-state index in [2.05, 4.69) is 25.8 Å². The molecule has 1 heterocycles. The summed E-state index contributed by atoms with van der Waals surface area (Å²) in [5.41, 5.74) is 6.58. The molecule has 1 aromatic rings. The molecule has 0 saturated heterocycles. The van der Waals surface area contributed by atoms with Crippen LogP contribution < -0.4 is 5.73 Å². The van der Waals surface area contributed by atoms with Crippen molar-refractivity contribution in [1.82, 2.24) is 9.78 Å². The zero-order chi connectivity index (χ0) is 10.7. The topological polar surface area (TPSA) is 70.1 Å². The fourth-order valence-corrected chi connectivity index (χ4v) is 1.34. The van der Waals surface area contributed by atoms with E-state index in [4.69, 9.17) is 5.73 Å². The van der Waals surface area contributed by atoms with Crippen LogP contribution in [0.15, 0.2) is 10.8 Å². The largest absolute Gasteiger partial charge is 0.468 e. The van der Waals surface area contributed by atoms with Gasteiger partial charge in [-0.25, -0.2) is 0 Å². The van der Waals surface area contributed by atoms with Crippen molar-refractivity contribution in [2.75, 3.05) is 7.11 Å². The van der Waals surface area contributed by atoms with E-state index in [1.54, 1.807) is 10.9 Å². The van der Waals surface area contributed by atoms with Crippen molar-refractivity contribution in [3.8, 4) is 0 Å². The van der Waals surface area contributed by atoms with Crippen LogP contribution in [0.2, 0.25) is 0 Å². The van der Waals surface area contributed by atoms with Crippen LogP contribution >= 0.6 is 15.9 Å². The first-order valence-electron chi connectivity index (χ1n) is 4.07. The van der Waals surface area contributed by atoms with E-state index in [0.717, 1.165) is 10.2 Å². The lowest BCUT2D eigenvalue weighted by Crippen LogP contribution is -2.36. The molecule has 0 radical (unpaired) electrons. The smallest absolute Gasteiger partial charge is 0.324 e. The molecule has 0 aromatic carbocycles. The van der Waals surface area contributed by atoms with Gasteiger partial charge in [0.1, 0.15) is 10.6 Å². The molecule has 78 valence electrons. The first kappa shape index (κ1) is 11.2. The Morgan fingerprint density at radius 1 is 1.86 bits per heavy atom. The number of carbonyl (C=O) groups excluding carboxylic acids is 1. The molecule has 0 fully saturated rings. The fourth-order valence-electron chi connectivity index (χ4n) is 1.00. The second kappa shape index (κ2) is 4.56. The number of carbonyl (C=O) groups is 1. The standard InChI is InChI=1S/C8H12BrN3O2/c1-5-3-11-12(7(5)9)4-6(10)8(13)14-2/h3,6H,4,10H2,1-2H3. The summed E-state index contributed by atoms with van der Waals surface area (Å²) in [7, 11) is 1.31. The summed E-state index contributed by atoms with van der Waals surface area (Å²) in [5, 5.41) is 4.05. The van der Waals surface area contributed by atoms with Crippen LogP contribution in [0, 0.1) is 6.92 Å². The fraction of sp³-hybridized carbons (Fsp3) is 0.500. The van der Waals surface area contributed by atoms with Gasteiger partial charge in [0.2, 0.25) is 0 Å². The minimum atomic E-state index is -0.685. The molecule has 0 saturated carbocycles. The van der Waals surface area contributed by atoms with Crippen molar-refractivity contribution in [2.45, 2.75) is 19.5 Å². The van der Waals surface area contributed by atoms with Gasteiger partial charge in [-0.05, 0) is 22.9 Å². The number of aryl methyl sites for hydroxylation is 1. The quantitative estimate of drug-likeness (QED) is 0.803. The highest BCUT2D eigenvalue weighted by molar-refractivity contribution is 9.10. The van der Waals surface area contributed by atoms with Gasteiger partial charge in [0, 0.05) is 5.56 Å². The summed E-state index contributed by atoms with van der Waals surface area (Å²) in [6.07, 6.45) is 1.70. The number of hydrogen-bond donors (Lipinski definition) is 1. The van der Waals surface area contributed by atoms with E-state index >= 15 is 0 Å². The Labute approximate surface area is 90.3 Å². The third kappa shape index (κ3) is 2.33. The Balaban J connectivity index is 2.69. The Kier molecular flexibility index (Phi) is 3.65. The van der Waals surface area contributed by atoms with Crippen LogP contribution in [0.1, 0.15) is 5.56 Å². The van der Waals surface area contributed by atoms with Gasteiger partial charge in [-0.1, -0.05) is 0 Å². The molecular formula is C8H12BrN3O2. The van der Waals surface area contributed by atoms with Crippen LogP contribution in [0.25, 0.3) is 0 Å². The van der Waals surface area contributed by atoms with Gasteiger partial charge in [0.15, 0.2) is 0 Å². The van der Waals surface area contributed by atoms with Gasteiger partial charge in [-0.3, -0.25) is 9.48 Å². The molecule has 6 heteroatoms. The van der Waals surface area contributed by atoms with Gasteiger partial charge in [0.05, 0.1) is 19.9 Å². The van der Waals surface area contributed by atoms with Crippen molar-refractivity contribution in [3.05, 3.63) is 16.4 Å². The molecule has 14 heavy (non-hydrogen) atoms. The summed E-state index contributed by atoms with van der Waals surface area (Å²) in [4.78, 5) is 11.0. The molecule has 0 amide bonds. The third-order valence-corrected chi connectivity index (χ3v) is 2.85. The Morgan fingerprint density at radius 3 is 2.93 bits per heavy atom. The molecule has 0 spiro atoms. The van der Waals surface area contributed by atoms with Crippen LogP contribution in [0.3, 0.4) is 0 Å². The van der Waals surface area contributed by atoms with E-state index in [1.165, 1.54) is 7.11 Å². The summed E-state index contributed by atoms with van der Waals surface area (Å²) >= 11 is 3.34. The molecular weight excluding hydrogens is 250 g/mol. The molecule has 1 aromatic heterocycles. The molecule has 1 atom stereocenters. The van der Waals surface area contributed by atoms with Crippen molar-refractivity contribution >= 4 is 21.9 Å². The molecule has 5 nitrogen and oxygen atoms in total. The van der Waals surface area contributed by atoms with E-state index in [0.29, 0.717) is 6.54 Å². The Hall–Kier alpha value is -0.880. The zero-order valence-electron chi connectivity index (χ0n) is 8.03. The number of hydrogen-bond acceptors (Lipinski definition) is 4. The highest BCUT2D eigenvalue weighted by atomic mass is 79.9. The SMILES string of the molecule is COC(=O)C(N)Cn1ncc(C)c1Br. The normalized spacial score (nSPS) is 12.6. The molecule has 0 aliphatic carbocycles. The lowest BCUT2D eigenvalue weighted by atomic mass is 10.3. The number of ether oxygens (including phenoxy) is 1. The van der Waals surface area contributed by atoms with Gasteiger partial charge in [0.25, 0.3) is 0 Å². The van der Waals surface area contributed by atoms with E-state index in [9.17, 15) is 4.79 Å². The van der Waals surface area contributed by atoms with Crippen LogP contribution in [-0.2, 0) is 16.1 Å². The molecule has 0 aliphatic heterocycles. The monoisotopic (exact) mass is 261 g/mol. The zero-order valence-corrected chi connectivity index (χ0v) is 9.61. The predicted octanol–water partition coefficient (Wildman–Crippen LogP) is 0.454. The maximum atomic E-state index is 11.0. The van der Waals surface area contributed by atoms with Crippen molar-refractivity contribution in [2.24, 2.45) is 5.73 Å². The van der Waals surface area contributed by atoms with Crippen molar-refractivity contribution in [3.63, 3.8) is 0 Å². The van der Waals surface area contributed by atoms with Gasteiger partial charge < -0.3 is 10.5 Å². The van der Waals surface area contributed by atoms with Crippen molar-refractivity contribution < 1.29 is 9.53 Å². The minimum Gasteiger partial charge on any atom is -0.468 e. The summed E-state index contributed by atoms with van der Waals surface area (Å²) in [6.45, 7) is 2.22. The number of esters is 1. The third-order valence-electron chi connectivity index (χ3n) is 1.82. The number of nitrogens with zero attached hydrogens (tertiary/aromatic N) is 2. The summed E-state index contributed by atoms with van der Waals surface area (Å²) in [5.74, 6) is -0.440. The summed E-state index contributed by atoms with van der Waals surface area (Å²) < 4.78 is 6.96. The number of rotatable bonds is 3. The Bertz CT molecular complexity index is 337. The van der Waals surface area contributed by atoms with Crippen LogP contribution in [-0.4, -0.2) is 28.9 Å². The highest BCUT2D eigenvalue weighted by Crippen LogP contribution is 2.14. The summed E-state index contributed by atoms with van der Waals surface area (Å²) in [6, 6.07) is -0.685. The highest BCUT2D eigenvalue weighted by Gasteiger charge is 2.16. The maximum Gasteiger partial charge on any atom is 0.324 e. The average Bonchev–Trinajstić information content (AvgIpc) is 2.48. The van der Waals surface area contributed by atoms with Crippen molar-refractivity contribution in [1.29, 1.82) is 0 Å². The average molecular weight is 262 g/mol. The van der Waals surface area contributed by atoms with E-state index in [-0.39, 0.29) is 0 Å². The molecule has 1 unspecified atom stereocenters. The molecule has 0 aliphatic rings. The van der Waals surface area contributed by atoms with Gasteiger partial charge >= 0.3 is 5.97 Å². The van der Waals surface area contributed by atoms with Gasteiger partial charge in [-0.2, -0.15) is 5.10 Å². The van der Waals surface area contributed by atoms with Gasteiger partial charge in [-0.15, -0.1) is 0 Å². The number of aromatic nitrogens is 2. The maximum absolute atomic E-state index is 11.0. The lowest BCUT2D eigenvalue weighted by molar-refractivity contribution is -0.142. The molecule has 1 rings (SSSR count). The number of halogens is 1. The molecule has 2 N–H and O–H groups in total. The predicted molar refractivity (Wildman–Crippen MR) is 54.7 cm³/mol. The number of methoxy groups -OCH3 is 1. The number of nitrogens with two attached hydrogens (primary N) is 1. The first-order chi connectivity index (χ1) is 6.56. The first-order valence-corrected chi connectivity index (χ1v) is 4.87. The van der Waals surface area contributed by atoms with Crippen LogP contribution in [0.5, 0.6) is 0 Å². The molecule has 0 bridgehead atoms.